The Morgan fingerprint density at radius 3 is 2.39 bits per heavy atom. The quantitative estimate of drug-likeness (QED) is 0.703. The van der Waals surface area contributed by atoms with Gasteiger partial charge in [-0.1, -0.05) is 30.3 Å². The number of rotatable bonds is 5. The Morgan fingerprint density at radius 2 is 1.83 bits per heavy atom. The van der Waals surface area contributed by atoms with E-state index in [1.54, 1.807) is 12.1 Å². The normalized spacial score (nSPS) is 12.0. The van der Waals surface area contributed by atoms with E-state index < -0.39 is 6.04 Å². The number of nitrogens with one attached hydrogen (secondary N) is 2. The summed E-state index contributed by atoms with van der Waals surface area (Å²) in [5.74, 6) is -0.585. The minimum Gasteiger partial charge on any atom is -0.352 e. The van der Waals surface area contributed by atoms with Crippen LogP contribution in [-0.4, -0.2) is 24.4 Å². The Balaban J connectivity index is 2.44. The van der Waals surface area contributed by atoms with Gasteiger partial charge in [-0.3, -0.25) is 9.59 Å². The molecule has 1 aromatic carbocycles. The Bertz CT molecular complexity index is 404. The topological polar surface area (TPSA) is 84.2 Å². The fourth-order valence-corrected chi connectivity index (χ4v) is 1.46. The molecule has 0 unspecified atom stereocenters. The van der Waals surface area contributed by atoms with E-state index in [4.69, 9.17) is 5.73 Å². The first kappa shape index (κ1) is 14.2. The van der Waals surface area contributed by atoms with E-state index in [-0.39, 0.29) is 24.4 Å². The van der Waals surface area contributed by atoms with Crippen LogP contribution in [0.25, 0.3) is 0 Å². The van der Waals surface area contributed by atoms with Crippen molar-refractivity contribution in [1.82, 2.24) is 10.6 Å². The van der Waals surface area contributed by atoms with Gasteiger partial charge in [-0.25, -0.2) is 0 Å². The third kappa shape index (κ3) is 4.55. The third-order valence-electron chi connectivity index (χ3n) is 2.31. The van der Waals surface area contributed by atoms with Crippen molar-refractivity contribution in [2.75, 3.05) is 6.54 Å². The highest BCUT2D eigenvalue weighted by molar-refractivity contribution is 5.88. The highest BCUT2D eigenvalue weighted by Crippen LogP contribution is 2.08. The summed E-state index contributed by atoms with van der Waals surface area (Å²) in [7, 11) is 0. The Morgan fingerprint density at radius 1 is 1.22 bits per heavy atom. The number of benzene rings is 1. The maximum Gasteiger partial charge on any atom is 0.241 e. The first-order valence-corrected chi connectivity index (χ1v) is 5.88. The molecule has 0 bridgehead atoms. The molecule has 0 aliphatic rings. The van der Waals surface area contributed by atoms with Crippen molar-refractivity contribution in [3.8, 4) is 0 Å². The highest BCUT2D eigenvalue weighted by atomic mass is 16.2. The summed E-state index contributed by atoms with van der Waals surface area (Å²) in [5, 5.41) is 5.19. The van der Waals surface area contributed by atoms with E-state index in [0.29, 0.717) is 0 Å². The van der Waals surface area contributed by atoms with E-state index in [1.807, 2.05) is 32.0 Å². The number of hydrogen-bond donors (Lipinski definition) is 3. The molecule has 0 aromatic heterocycles. The number of carbonyl (C=O) groups is 2. The van der Waals surface area contributed by atoms with E-state index in [9.17, 15) is 9.59 Å². The second kappa shape index (κ2) is 6.76. The van der Waals surface area contributed by atoms with Gasteiger partial charge < -0.3 is 16.4 Å². The van der Waals surface area contributed by atoms with Crippen molar-refractivity contribution < 1.29 is 9.59 Å². The van der Waals surface area contributed by atoms with Gasteiger partial charge in [0.1, 0.15) is 6.04 Å². The van der Waals surface area contributed by atoms with Gasteiger partial charge in [-0.2, -0.15) is 0 Å². The van der Waals surface area contributed by atoms with Crippen molar-refractivity contribution in [3.05, 3.63) is 35.9 Å². The molecular formula is C13H19N3O2. The second-order valence-corrected chi connectivity index (χ2v) is 4.33. The van der Waals surface area contributed by atoms with Crippen LogP contribution >= 0.6 is 0 Å². The Kier molecular flexibility index (Phi) is 5.32. The van der Waals surface area contributed by atoms with Gasteiger partial charge >= 0.3 is 0 Å². The Labute approximate surface area is 107 Å². The van der Waals surface area contributed by atoms with Crippen LogP contribution in [0, 0.1) is 0 Å². The average molecular weight is 249 g/mol. The molecule has 0 heterocycles. The third-order valence-corrected chi connectivity index (χ3v) is 2.31. The molecule has 1 rings (SSSR count). The first-order chi connectivity index (χ1) is 8.50. The molecule has 2 amide bonds. The van der Waals surface area contributed by atoms with E-state index in [1.165, 1.54) is 0 Å². The fourth-order valence-electron chi connectivity index (χ4n) is 1.46. The molecule has 0 spiro atoms. The lowest BCUT2D eigenvalue weighted by Gasteiger charge is -2.13. The summed E-state index contributed by atoms with van der Waals surface area (Å²) in [6.45, 7) is 3.66. The summed E-state index contributed by atoms with van der Waals surface area (Å²) in [5.41, 5.74) is 6.50. The zero-order valence-electron chi connectivity index (χ0n) is 10.6. The fraction of sp³-hybridized carbons (Fsp3) is 0.385. The largest absolute Gasteiger partial charge is 0.352 e. The van der Waals surface area contributed by atoms with Gasteiger partial charge in [0.15, 0.2) is 0 Å². The summed E-state index contributed by atoms with van der Waals surface area (Å²) in [4.78, 5) is 23.1. The van der Waals surface area contributed by atoms with E-state index in [2.05, 4.69) is 10.6 Å². The molecule has 0 aliphatic heterocycles. The van der Waals surface area contributed by atoms with Crippen LogP contribution in [0.15, 0.2) is 30.3 Å². The molecule has 1 atom stereocenters. The lowest BCUT2D eigenvalue weighted by Crippen LogP contribution is -2.42. The van der Waals surface area contributed by atoms with Crippen molar-refractivity contribution in [3.63, 3.8) is 0 Å². The molecule has 0 saturated heterocycles. The minimum atomic E-state index is -0.752. The number of nitrogens with two attached hydrogens (primary N) is 1. The number of amides is 2. The molecule has 0 saturated carbocycles. The standard InChI is InChI=1S/C13H19N3O2/c1-9(2)16-11(17)8-15-13(18)12(14)10-6-4-3-5-7-10/h3-7,9,12H,8,14H2,1-2H3,(H,15,18)(H,16,17)/t12-/m1/s1. The predicted molar refractivity (Wildman–Crippen MR) is 69.7 cm³/mol. The lowest BCUT2D eigenvalue weighted by molar-refractivity contribution is -0.127. The summed E-state index contributed by atoms with van der Waals surface area (Å²) < 4.78 is 0. The van der Waals surface area contributed by atoms with Gasteiger partial charge in [0.2, 0.25) is 11.8 Å². The zero-order chi connectivity index (χ0) is 13.5. The summed E-state index contributed by atoms with van der Waals surface area (Å²) >= 11 is 0. The Hall–Kier alpha value is -1.88. The van der Waals surface area contributed by atoms with Crippen LogP contribution in [0.4, 0.5) is 0 Å². The highest BCUT2D eigenvalue weighted by Gasteiger charge is 2.15. The molecule has 0 aliphatic carbocycles. The van der Waals surface area contributed by atoms with Crippen LogP contribution in [0.3, 0.4) is 0 Å². The van der Waals surface area contributed by atoms with Crippen molar-refractivity contribution in [2.24, 2.45) is 5.73 Å². The van der Waals surface area contributed by atoms with Gasteiger partial charge in [0, 0.05) is 6.04 Å². The zero-order valence-corrected chi connectivity index (χ0v) is 10.6. The van der Waals surface area contributed by atoms with Crippen LogP contribution in [-0.2, 0) is 9.59 Å². The number of carbonyl (C=O) groups excluding carboxylic acids is 2. The SMILES string of the molecule is CC(C)NC(=O)CNC(=O)[C@H](N)c1ccccc1. The smallest absolute Gasteiger partial charge is 0.241 e. The van der Waals surface area contributed by atoms with Gasteiger partial charge in [-0.05, 0) is 19.4 Å². The van der Waals surface area contributed by atoms with Crippen molar-refractivity contribution in [2.45, 2.75) is 25.9 Å². The van der Waals surface area contributed by atoms with E-state index in [0.717, 1.165) is 5.56 Å². The number of hydrogen-bond acceptors (Lipinski definition) is 3. The summed E-state index contributed by atoms with van der Waals surface area (Å²) in [6.07, 6.45) is 0. The lowest BCUT2D eigenvalue weighted by atomic mass is 10.1. The maximum atomic E-state index is 11.7. The van der Waals surface area contributed by atoms with Gasteiger partial charge in [0.05, 0.1) is 6.54 Å². The molecule has 5 heteroatoms. The summed E-state index contributed by atoms with van der Waals surface area (Å²) in [6, 6.07) is 8.33. The van der Waals surface area contributed by atoms with Gasteiger partial charge in [-0.15, -0.1) is 0 Å². The van der Waals surface area contributed by atoms with E-state index >= 15 is 0 Å². The molecule has 5 nitrogen and oxygen atoms in total. The van der Waals surface area contributed by atoms with Crippen LogP contribution < -0.4 is 16.4 Å². The molecule has 18 heavy (non-hydrogen) atoms. The van der Waals surface area contributed by atoms with Crippen LogP contribution in [0.2, 0.25) is 0 Å². The van der Waals surface area contributed by atoms with Crippen molar-refractivity contribution in [1.29, 1.82) is 0 Å². The predicted octanol–water partition coefficient (Wildman–Crippen LogP) is 0.327. The molecule has 1 aromatic rings. The monoisotopic (exact) mass is 249 g/mol. The van der Waals surface area contributed by atoms with Gasteiger partial charge in [0.25, 0.3) is 0 Å². The second-order valence-electron chi connectivity index (χ2n) is 4.33. The first-order valence-electron chi connectivity index (χ1n) is 5.88. The van der Waals surface area contributed by atoms with Crippen LogP contribution in [0.5, 0.6) is 0 Å². The maximum absolute atomic E-state index is 11.7. The van der Waals surface area contributed by atoms with Crippen molar-refractivity contribution >= 4 is 11.8 Å². The molecular weight excluding hydrogens is 230 g/mol. The average Bonchev–Trinajstić information content (AvgIpc) is 2.35. The molecule has 4 N–H and O–H groups in total. The molecule has 0 fully saturated rings. The minimum absolute atomic E-state index is 0.0530. The molecule has 98 valence electrons. The van der Waals surface area contributed by atoms with Crippen LogP contribution in [0.1, 0.15) is 25.5 Å². The molecule has 0 radical (unpaired) electrons.